The smallest absolute Gasteiger partial charge is 0.0702 e. The normalized spacial score (nSPS) is 20.1. The Hall–Kier alpha value is 0.1000. The van der Waals surface area contributed by atoms with E-state index in [9.17, 15) is 5.11 Å². The second kappa shape index (κ2) is 4.75. The zero-order valence-corrected chi connectivity index (χ0v) is 10.4. The number of thiophene rings is 1. The number of hydrogen-bond donors (Lipinski definition) is 1. The SMILES string of the molecule is OCC(c1ccc(Br)s1)N1CCCC1. The summed E-state index contributed by atoms with van der Waals surface area (Å²) in [5.41, 5.74) is 0. The summed E-state index contributed by atoms with van der Waals surface area (Å²) in [5.74, 6) is 0. The molecule has 1 saturated heterocycles. The van der Waals surface area contributed by atoms with Crippen molar-refractivity contribution in [2.45, 2.75) is 18.9 Å². The van der Waals surface area contributed by atoms with E-state index in [4.69, 9.17) is 0 Å². The Morgan fingerprint density at radius 2 is 2.14 bits per heavy atom. The molecule has 1 aliphatic rings. The Kier molecular flexibility index (Phi) is 3.60. The van der Waals surface area contributed by atoms with E-state index in [0.29, 0.717) is 0 Å². The van der Waals surface area contributed by atoms with E-state index in [0.717, 1.165) is 16.9 Å². The van der Waals surface area contributed by atoms with Crippen LogP contribution < -0.4 is 0 Å². The van der Waals surface area contributed by atoms with E-state index >= 15 is 0 Å². The van der Waals surface area contributed by atoms with Gasteiger partial charge in [0.15, 0.2) is 0 Å². The largest absolute Gasteiger partial charge is 0.394 e. The molecule has 1 N–H and O–H groups in total. The average Bonchev–Trinajstić information content (AvgIpc) is 2.79. The Morgan fingerprint density at radius 1 is 1.43 bits per heavy atom. The van der Waals surface area contributed by atoms with Crippen LogP contribution in [0.2, 0.25) is 0 Å². The fourth-order valence-corrected chi connectivity index (χ4v) is 3.50. The minimum Gasteiger partial charge on any atom is -0.394 e. The Labute approximate surface area is 96.7 Å². The molecule has 14 heavy (non-hydrogen) atoms. The van der Waals surface area contributed by atoms with Crippen molar-refractivity contribution in [2.75, 3.05) is 19.7 Å². The second-order valence-corrected chi connectivity index (χ2v) is 6.08. The highest BCUT2D eigenvalue weighted by Crippen LogP contribution is 2.32. The zero-order valence-electron chi connectivity index (χ0n) is 7.95. The van der Waals surface area contributed by atoms with E-state index in [2.05, 4.69) is 33.0 Å². The third-order valence-corrected chi connectivity index (χ3v) is 4.40. The molecule has 1 aliphatic heterocycles. The number of hydrogen-bond acceptors (Lipinski definition) is 3. The number of likely N-dealkylation sites (tertiary alicyclic amines) is 1. The van der Waals surface area contributed by atoms with Crippen LogP contribution >= 0.6 is 27.3 Å². The van der Waals surface area contributed by atoms with Crippen LogP contribution in [0.5, 0.6) is 0 Å². The summed E-state index contributed by atoms with van der Waals surface area (Å²) in [5, 5.41) is 9.40. The number of rotatable bonds is 3. The van der Waals surface area contributed by atoms with Crippen LogP contribution in [0.15, 0.2) is 15.9 Å². The fraction of sp³-hybridized carbons (Fsp3) is 0.600. The van der Waals surface area contributed by atoms with Gasteiger partial charge in [-0.3, -0.25) is 4.90 Å². The van der Waals surface area contributed by atoms with Gasteiger partial charge in [0.1, 0.15) is 0 Å². The minimum absolute atomic E-state index is 0.216. The van der Waals surface area contributed by atoms with E-state index < -0.39 is 0 Å². The number of halogens is 1. The molecule has 0 amide bonds. The van der Waals surface area contributed by atoms with Crippen molar-refractivity contribution >= 4 is 27.3 Å². The van der Waals surface area contributed by atoms with E-state index in [-0.39, 0.29) is 12.6 Å². The number of aliphatic hydroxyl groups excluding tert-OH is 1. The topological polar surface area (TPSA) is 23.5 Å². The van der Waals surface area contributed by atoms with Crippen molar-refractivity contribution in [1.29, 1.82) is 0 Å². The molecule has 2 rings (SSSR count). The molecule has 2 nitrogen and oxygen atoms in total. The molecule has 4 heteroatoms. The van der Waals surface area contributed by atoms with Gasteiger partial charge in [-0.2, -0.15) is 0 Å². The van der Waals surface area contributed by atoms with Crippen molar-refractivity contribution < 1.29 is 5.11 Å². The first-order valence-corrected chi connectivity index (χ1v) is 6.52. The first kappa shape index (κ1) is 10.6. The highest BCUT2D eigenvalue weighted by atomic mass is 79.9. The van der Waals surface area contributed by atoms with E-state index in [1.165, 1.54) is 17.7 Å². The van der Waals surface area contributed by atoms with Gasteiger partial charge in [-0.15, -0.1) is 11.3 Å². The molecule has 0 spiro atoms. The summed E-state index contributed by atoms with van der Waals surface area (Å²) in [6, 6.07) is 4.38. The van der Waals surface area contributed by atoms with Gasteiger partial charge in [-0.1, -0.05) is 0 Å². The molecule has 1 fully saturated rings. The van der Waals surface area contributed by atoms with E-state index in [1.54, 1.807) is 11.3 Å². The number of nitrogens with zero attached hydrogens (tertiary/aromatic N) is 1. The highest BCUT2D eigenvalue weighted by Gasteiger charge is 2.23. The third kappa shape index (κ3) is 2.19. The van der Waals surface area contributed by atoms with Crippen LogP contribution in [0.1, 0.15) is 23.8 Å². The predicted molar refractivity (Wildman–Crippen MR) is 62.7 cm³/mol. The molecule has 0 aliphatic carbocycles. The van der Waals surface area contributed by atoms with Gasteiger partial charge in [0.2, 0.25) is 0 Å². The molecule has 1 aromatic rings. The molecule has 1 atom stereocenters. The van der Waals surface area contributed by atoms with Crippen LogP contribution in [0.3, 0.4) is 0 Å². The van der Waals surface area contributed by atoms with E-state index in [1.807, 2.05) is 0 Å². The fourth-order valence-electron chi connectivity index (χ4n) is 1.95. The zero-order chi connectivity index (χ0) is 9.97. The quantitative estimate of drug-likeness (QED) is 0.917. The van der Waals surface area contributed by atoms with Crippen LogP contribution in [-0.2, 0) is 0 Å². The van der Waals surface area contributed by atoms with Crippen LogP contribution in [0, 0.1) is 0 Å². The molecule has 0 aromatic carbocycles. The summed E-state index contributed by atoms with van der Waals surface area (Å²) in [6.07, 6.45) is 2.53. The summed E-state index contributed by atoms with van der Waals surface area (Å²) in [6.45, 7) is 2.48. The molecule has 2 heterocycles. The predicted octanol–water partition coefficient (Wildman–Crippen LogP) is 2.64. The molecule has 78 valence electrons. The van der Waals surface area contributed by atoms with Crippen molar-refractivity contribution in [3.8, 4) is 0 Å². The summed E-state index contributed by atoms with van der Waals surface area (Å²) in [7, 11) is 0. The van der Waals surface area contributed by atoms with Gasteiger partial charge in [0.25, 0.3) is 0 Å². The lowest BCUT2D eigenvalue weighted by atomic mass is 10.2. The van der Waals surface area contributed by atoms with Crippen molar-refractivity contribution in [3.63, 3.8) is 0 Å². The lowest BCUT2D eigenvalue weighted by Gasteiger charge is -2.24. The van der Waals surface area contributed by atoms with Crippen molar-refractivity contribution in [1.82, 2.24) is 4.90 Å². The number of aliphatic hydroxyl groups is 1. The van der Waals surface area contributed by atoms with Gasteiger partial charge in [-0.05, 0) is 54.0 Å². The van der Waals surface area contributed by atoms with Gasteiger partial charge in [0.05, 0.1) is 16.4 Å². The third-order valence-electron chi connectivity index (χ3n) is 2.68. The first-order valence-electron chi connectivity index (χ1n) is 4.91. The monoisotopic (exact) mass is 275 g/mol. The lowest BCUT2D eigenvalue weighted by molar-refractivity contribution is 0.149. The standard InChI is InChI=1S/C10H14BrNOS/c11-10-4-3-9(14-10)8(7-13)12-5-1-2-6-12/h3-4,8,13H,1-2,5-7H2. The van der Waals surface area contributed by atoms with Crippen molar-refractivity contribution in [2.24, 2.45) is 0 Å². The second-order valence-electron chi connectivity index (χ2n) is 3.58. The maximum Gasteiger partial charge on any atom is 0.0702 e. The van der Waals surface area contributed by atoms with Crippen LogP contribution in [-0.4, -0.2) is 29.7 Å². The molecule has 0 bridgehead atoms. The molecule has 1 unspecified atom stereocenters. The van der Waals surface area contributed by atoms with Gasteiger partial charge in [-0.25, -0.2) is 0 Å². The summed E-state index contributed by atoms with van der Waals surface area (Å²) >= 11 is 5.18. The highest BCUT2D eigenvalue weighted by molar-refractivity contribution is 9.11. The summed E-state index contributed by atoms with van der Waals surface area (Å²) in [4.78, 5) is 3.64. The molecule has 0 radical (unpaired) electrons. The maximum atomic E-state index is 9.40. The summed E-state index contributed by atoms with van der Waals surface area (Å²) < 4.78 is 1.14. The first-order chi connectivity index (χ1) is 6.81. The molecular weight excluding hydrogens is 262 g/mol. The van der Waals surface area contributed by atoms with Gasteiger partial charge < -0.3 is 5.11 Å². The Bertz CT molecular complexity index is 296. The minimum atomic E-state index is 0.216. The Morgan fingerprint density at radius 3 is 2.64 bits per heavy atom. The van der Waals surface area contributed by atoms with Crippen LogP contribution in [0.25, 0.3) is 0 Å². The molecular formula is C10H14BrNOS. The van der Waals surface area contributed by atoms with Gasteiger partial charge >= 0.3 is 0 Å². The van der Waals surface area contributed by atoms with Crippen LogP contribution in [0.4, 0.5) is 0 Å². The average molecular weight is 276 g/mol. The Balaban J connectivity index is 2.12. The lowest BCUT2D eigenvalue weighted by Crippen LogP contribution is -2.27. The molecule has 0 saturated carbocycles. The molecule has 1 aromatic heterocycles. The van der Waals surface area contributed by atoms with Gasteiger partial charge in [0, 0.05) is 4.88 Å². The maximum absolute atomic E-state index is 9.40. The van der Waals surface area contributed by atoms with Crippen molar-refractivity contribution in [3.05, 3.63) is 20.8 Å².